The number of hydrogen-bond donors (Lipinski definition) is 1. The molecule has 0 atom stereocenters. The maximum atomic E-state index is 5.91. The predicted molar refractivity (Wildman–Crippen MR) is 76.9 cm³/mol. The minimum atomic E-state index is 0.588. The molecule has 0 saturated carbocycles. The zero-order valence-corrected chi connectivity index (χ0v) is 11.7. The smallest absolute Gasteiger partial charge is 0.133 e. The molecule has 0 unspecified atom stereocenters. The third kappa shape index (κ3) is 3.02. The average molecular weight is 247 g/mol. The minimum Gasteiger partial charge on any atom is -0.356 e. The van der Waals surface area contributed by atoms with E-state index in [0.717, 1.165) is 24.6 Å². The molecule has 2 heterocycles. The second kappa shape index (κ2) is 6.19. The number of aryl methyl sites for hydroxylation is 2. The van der Waals surface area contributed by atoms with Crippen molar-refractivity contribution in [2.45, 2.75) is 52.5 Å². The van der Waals surface area contributed by atoms with Crippen molar-refractivity contribution in [3.8, 4) is 0 Å². The van der Waals surface area contributed by atoms with Crippen molar-refractivity contribution in [2.75, 3.05) is 18.0 Å². The van der Waals surface area contributed by atoms with E-state index in [2.05, 4.69) is 24.8 Å². The molecule has 1 saturated heterocycles. The molecule has 1 aliphatic rings. The molecule has 2 N–H and O–H groups in total. The van der Waals surface area contributed by atoms with Gasteiger partial charge in [-0.2, -0.15) is 0 Å². The van der Waals surface area contributed by atoms with Crippen LogP contribution in [-0.2, 0) is 6.54 Å². The minimum absolute atomic E-state index is 0.588. The van der Waals surface area contributed by atoms with Crippen LogP contribution in [0, 0.1) is 13.8 Å². The SMILES string of the molecule is Cc1cc(C)c(CN)c(N2CCCCCCC2)n1. The fourth-order valence-electron chi connectivity index (χ4n) is 2.82. The van der Waals surface area contributed by atoms with Crippen LogP contribution in [0.5, 0.6) is 0 Å². The van der Waals surface area contributed by atoms with Crippen LogP contribution < -0.4 is 10.6 Å². The van der Waals surface area contributed by atoms with Crippen molar-refractivity contribution in [2.24, 2.45) is 5.73 Å². The lowest BCUT2D eigenvalue weighted by Crippen LogP contribution is -2.29. The highest BCUT2D eigenvalue weighted by molar-refractivity contribution is 5.51. The molecule has 0 radical (unpaired) electrons. The second-order valence-electron chi connectivity index (χ2n) is 5.34. The van der Waals surface area contributed by atoms with E-state index in [1.54, 1.807) is 0 Å². The Bertz CT molecular complexity index is 393. The van der Waals surface area contributed by atoms with E-state index < -0.39 is 0 Å². The van der Waals surface area contributed by atoms with Crippen LogP contribution in [0.4, 0.5) is 5.82 Å². The molecule has 18 heavy (non-hydrogen) atoms. The number of pyridine rings is 1. The van der Waals surface area contributed by atoms with Gasteiger partial charge in [-0.25, -0.2) is 4.98 Å². The Kier molecular flexibility index (Phi) is 4.59. The summed E-state index contributed by atoms with van der Waals surface area (Å²) in [6, 6.07) is 2.13. The molecule has 100 valence electrons. The molecule has 3 heteroatoms. The third-order valence-electron chi connectivity index (χ3n) is 3.81. The number of nitrogens with two attached hydrogens (primary N) is 1. The average Bonchev–Trinajstić information content (AvgIpc) is 2.27. The summed E-state index contributed by atoms with van der Waals surface area (Å²) < 4.78 is 0. The van der Waals surface area contributed by atoms with Gasteiger partial charge < -0.3 is 10.6 Å². The molecule has 0 aromatic carbocycles. The van der Waals surface area contributed by atoms with Crippen LogP contribution in [0.15, 0.2) is 6.07 Å². The molecule has 0 aliphatic carbocycles. The Balaban J connectivity index is 2.29. The van der Waals surface area contributed by atoms with Crippen molar-refractivity contribution < 1.29 is 0 Å². The standard InChI is InChI=1S/C15H25N3/c1-12-10-13(2)17-15(14(12)11-16)18-8-6-4-3-5-7-9-18/h10H,3-9,11,16H2,1-2H3. The van der Waals surface area contributed by atoms with Gasteiger partial charge in [-0.3, -0.25) is 0 Å². The van der Waals surface area contributed by atoms with E-state index in [9.17, 15) is 0 Å². The Labute approximate surface area is 110 Å². The summed E-state index contributed by atoms with van der Waals surface area (Å²) in [7, 11) is 0. The first-order valence-electron chi connectivity index (χ1n) is 7.14. The van der Waals surface area contributed by atoms with Crippen LogP contribution in [0.25, 0.3) is 0 Å². The number of aromatic nitrogens is 1. The fourth-order valence-corrected chi connectivity index (χ4v) is 2.82. The highest BCUT2D eigenvalue weighted by atomic mass is 15.2. The molecule has 1 aromatic heterocycles. The lowest BCUT2D eigenvalue weighted by atomic mass is 10.1. The van der Waals surface area contributed by atoms with Gasteiger partial charge in [0.1, 0.15) is 5.82 Å². The Morgan fingerprint density at radius 2 is 1.72 bits per heavy atom. The Hall–Kier alpha value is -1.09. The highest BCUT2D eigenvalue weighted by Crippen LogP contribution is 2.24. The number of nitrogens with zero attached hydrogens (tertiary/aromatic N) is 2. The van der Waals surface area contributed by atoms with Crippen molar-refractivity contribution in [1.82, 2.24) is 4.98 Å². The van der Waals surface area contributed by atoms with Gasteiger partial charge in [0, 0.05) is 30.9 Å². The summed E-state index contributed by atoms with van der Waals surface area (Å²) in [4.78, 5) is 7.19. The number of rotatable bonds is 2. The van der Waals surface area contributed by atoms with E-state index >= 15 is 0 Å². The predicted octanol–water partition coefficient (Wildman–Crippen LogP) is 2.93. The van der Waals surface area contributed by atoms with Gasteiger partial charge in [-0.1, -0.05) is 19.3 Å². The van der Waals surface area contributed by atoms with E-state index in [1.807, 2.05) is 0 Å². The van der Waals surface area contributed by atoms with Gasteiger partial charge in [-0.15, -0.1) is 0 Å². The molecular weight excluding hydrogens is 222 g/mol. The summed E-state index contributed by atoms with van der Waals surface area (Å²) in [5.74, 6) is 1.14. The Morgan fingerprint density at radius 1 is 1.11 bits per heavy atom. The maximum Gasteiger partial charge on any atom is 0.133 e. The first kappa shape index (κ1) is 13.3. The van der Waals surface area contributed by atoms with E-state index in [0.29, 0.717) is 6.54 Å². The molecule has 0 amide bonds. The first-order chi connectivity index (χ1) is 8.72. The molecule has 0 bridgehead atoms. The van der Waals surface area contributed by atoms with Crippen LogP contribution in [0.1, 0.15) is 48.9 Å². The topological polar surface area (TPSA) is 42.1 Å². The van der Waals surface area contributed by atoms with Gasteiger partial charge in [0.25, 0.3) is 0 Å². The van der Waals surface area contributed by atoms with Crippen LogP contribution >= 0.6 is 0 Å². The molecule has 3 nitrogen and oxygen atoms in total. The summed E-state index contributed by atoms with van der Waals surface area (Å²) in [5.41, 5.74) is 9.51. The lowest BCUT2D eigenvalue weighted by Gasteiger charge is -2.28. The fraction of sp³-hybridized carbons (Fsp3) is 0.667. The van der Waals surface area contributed by atoms with E-state index in [-0.39, 0.29) is 0 Å². The van der Waals surface area contributed by atoms with Crippen molar-refractivity contribution in [3.05, 3.63) is 22.9 Å². The molecule has 1 aromatic rings. The molecular formula is C15H25N3. The maximum absolute atomic E-state index is 5.91. The van der Waals surface area contributed by atoms with Gasteiger partial charge in [0.2, 0.25) is 0 Å². The van der Waals surface area contributed by atoms with Gasteiger partial charge >= 0.3 is 0 Å². The summed E-state index contributed by atoms with van der Waals surface area (Å²) in [5, 5.41) is 0. The zero-order chi connectivity index (χ0) is 13.0. The molecule has 1 aliphatic heterocycles. The van der Waals surface area contributed by atoms with Gasteiger partial charge in [0.05, 0.1) is 0 Å². The summed E-state index contributed by atoms with van der Waals surface area (Å²) >= 11 is 0. The summed E-state index contributed by atoms with van der Waals surface area (Å²) in [6.45, 7) is 7.06. The van der Waals surface area contributed by atoms with Gasteiger partial charge in [0.15, 0.2) is 0 Å². The second-order valence-corrected chi connectivity index (χ2v) is 5.34. The lowest BCUT2D eigenvalue weighted by molar-refractivity contribution is 0.552. The summed E-state index contributed by atoms with van der Waals surface area (Å²) in [6.07, 6.45) is 6.63. The van der Waals surface area contributed by atoms with Crippen LogP contribution in [0.3, 0.4) is 0 Å². The quantitative estimate of drug-likeness (QED) is 0.873. The Morgan fingerprint density at radius 3 is 2.33 bits per heavy atom. The van der Waals surface area contributed by atoms with Crippen molar-refractivity contribution in [1.29, 1.82) is 0 Å². The largest absolute Gasteiger partial charge is 0.356 e. The monoisotopic (exact) mass is 247 g/mol. The molecule has 0 spiro atoms. The first-order valence-corrected chi connectivity index (χ1v) is 7.14. The zero-order valence-electron chi connectivity index (χ0n) is 11.7. The normalized spacial score (nSPS) is 17.4. The van der Waals surface area contributed by atoms with Gasteiger partial charge in [-0.05, 0) is 38.3 Å². The number of hydrogen-bond acceptors (Lipinski definition) is 3. The van der Waals surface area contributed by atoms with Crippen LogP contribution in [-0.4, -0.2) is 18.1 Å². The number of anilines is 1. The van der Waals surface area contributed by atoms with E-state index in [4.69, 9.17) is 10.7 Å². The van der Waals surface area contributed by atoms with Crippen LogP contribution in [0.2, 0.25) is 0 Å². The van der Waals surface area contributed by atoms with Crippen molar-refractivity contribution >= 4 is 5.82 Å². The third-order valence-corrected chi connectivity index (χ3v) is 3.81. The highest BCUT2D eigenvalue weighted by Gasteiger charge is 2.15. The van der Waals surface area contributed by atoms with E-state index in [1.165, 1.54) is 43.2 Å². The molecule has 2 rings (SSSR count). The van der Waals surface area contributed by atoms with Crippen molar-refractivity contribution in [3.63, 3.8) is 0 Å². The molecule has 1 fully saturated rings.